The third-order valence-corrected chi connectivity index (χ3v) is 2.38. The predicted octanol–water partition coefficient (Wildman–Crippen LogP) is 1.95. The first-order valence-electron chi connectivity index (χ1n) is 5.12. The number of hydrogen-bond donors (Lipinski definition) is 0. The Kier molecular flexibility index (Phi) is 3.32. The first-order chi connectivity index (χ1) is 8.97. The predicted molar refractivity (Wildman–Crippen MR) is 59.6 cm³/mol. The third kappa shape index (κ3) is 2.79. The van der Waals surface area contributed by atoms with Crippen LogP contribution in [0.2, 0.25) is 0 Å². The van der Waals surface area contributed by atoms with Gasteiger partial charge in [-0.2, -0.15) is 5.10 Å². The number of carbonyl (C=O) groups excluding carboxylic acids is 1. The van der Waals surface area contributed by atoms with Crippen LogP contribution in [0.15, 0.2) is 30.6 Å². The molecular weight excluding hydrogens is 260 g/mol. The summed E-state index contributed by atoms with van der Waals surface area (Å²) in [4.78, 5) is 21.5. The molecule has 1 heterocycles. The van der Waals surface area contributed by atoms with Gasteiger partial charge in [0.05, 0.1) is 4.92 Å². The van der Waals surface area contributed by atoms with Gasteiger partial charge in [0.25, 0.3) is 0 Å². The minimum Gasteiger partial charge on any atom is -0.292 e. The summed E-state index contributed by atoms with van der Waals surface area (Å²) in [6.45, 7) is -0.293. The number of ketones is 1. The summed E-state index contributed by atoms with van der Waals surface area (Å²) >= 11 is 0. The fraction of sp³-hybridized carbons (Fsp3) is 0.0909. The van der Waals surface area contributed by atoms with Gasteiger partial charge in [-0.3, -0.25) is 19.6 Å². The van der Waals surface area contributed by atoms with E-state index >= 15 is 0 Å². The molecule has 1 aromatic carbocycles. The molecule has 8 heteroatoms. The molecule has 0 saturated carbocycles. The molecule has 0 aliphatic rings. The van der Waals surface area contributed by atoms with Crippen molar-refractivity contribution in [2.75, 3.05) is 0 Å². The van der Waals surface area contributed by atoms with Crippen LogP contribution >= 0.6 is 0 Å². The van der Waals surface area contributed by atoms with Gasteiger partial charge < -0.3 is 0 Å². The topological polar surface area (TPSA) is 78.0 Å². The summed E-state index contributed by atoms with van der Waals surface area (Å²) in [5.74, 6) is -2.71. The van der Waals surface area contributed by atoms with E-state index in [0.717, 1.165) is 35.3 Å². The maximum absolute atomic E-state index is 12.9. The van der Waals surface area contributed by atoms with Crippen LogP contribution in [-0.2, 0) is 6.54 Å². The number of halogens is 2. The number of benzene rings is 1. The molecule has 1 aromatic heterocycles. The second-order valence-corrected chi connectivity index (χ2v) is 3.71. The quantitative estimate of drug-likeness (QED) is 0.482. The van der Waals surface area contributed by atoms with Crippen molar-refractivity contribution >= 4 is 11.5 Å². The lowest BCUT2D eigenvalue weighted by atomic mass is 10.1. The number of carbonyl (C=O) groups is 1. The van der Waals surface area contributed by atoms with Crippen LogP contribution in [-0.4, -0.2) is 20.5 Å². The summed E-state index contributed by atoms with van der Waals surface area (Å²) < 4.78 is 26.7. The first-order valence-corrected chi connectivity index (χ1v) is 5.12. The normalized spacial score (nSPS) is 10.4. The Morgan fingerprint density at radius 2 is 2.11 bits per heavy atom. The minimum atomic E-state index is -1.13. The van der Waals surface area contributed by atoms with Crippen molar-refractivity contribution in [3.63, 3.8) is 0 Å². The van der Waals surface area contributed by atoms with E-state index < -0.39 is 22.3 Å². The molecule has 0 aliphatic heterocycles. The van der Waals surface area contributed by atoms with E-state index in [-0.39, 0.29) is 17.8 Å². The van der Waals surface area contributed by atoms with E-state index in [1.165, 1.54) is 0 Å². The van der Waals surface area contributed by atoms with Gasteiger partial charge in [-0.15, -0.1) is 0 Å². The zero-order chi connectivity index (χ0) is 14.0. The van der Waals surface area contributed by atoms with Crippen LogP contribution < -0.4 is 0 Å². The van der Waals surface area contributed by atoms with Gasteiger partial charge in [-0.1, -0.05) is 0 Å². The van der Waals surface area contributed by atoms with Crippen molar-refractivity contribution in [2.24, 2.45) is 0 Å². The van der Waals surface area contributed by atoms with Gasteiger partial charge >= 0.3 is 5.69 Å². The van der Waals surface area contributed by atoms with Crippen molar-refractivity contribution in [3.05, 3.63) is 57.9 Å². The highest BCUT2D eigenvalue weighted by Gasteiger charge is 2.14. The van der Waals surface area contributed by atoms with E-state index in [1.807, 2.05) is 0 Å². The molecule has 0 N–H and O–H groups in total. The first kappa shape index (κ1) is 12.8. The van der Waals surface area contributed by atoms with Crippen LogP contribution in [0, 0.1) is 21.7 Å². The molecule has 2 aromatic rings. The summed E-state index contributed by atoms with van der Waals surface area (Å²) in [6.07, 6.45) is 2.08. The summed E-state index contributed by atoms with van der Waals surface area (Å²) in [7, 11) is 0. The van der Waals surface area contributed by atoms with E-state index in [4.69, 9.17) is 0 Å². The third-order valence-electron chi connectivity index (χ3n) is 2.38. The smallest absolute Gasteiger partial charge is 0.292 e. The number of aromatic nitrogens is 2. The van der Waals surface area contributed by atoms with Gasteiger partial charge in [-0.05, 0) is 18.2 Å². The van der Waals surface area contributed by atoms with Crippen molar-refractivity contribution < 1.29 is 18.5 Å². The van der Waals surface area contributed by atoms with Crippen molar-refractivity contribution in [3.8, 4) is 0 Å². The average Bonchev–Trinajstić information content (AvgIpc) is 2.81. The Labute approximate surface area is 105 Å². The maximum atomic E-state index is 12.9. The fourth-order valence-electron chi connectivity index (χ4n) is 1.44. The number of rotatable bonds is 4. The molecule has 0 atom stereocenters. The maximum Gasteiger partial charge on any atom is 0.307 e. The van der Waals surface area contributed by atoms with Gasteiger partial charge in [0, 0.05) is 5.56 Å². The molecule has 0 fully saturated rings. The molecule has 0 bridgehead atoms. The van der Waals surface area contributed by atoms with Crippen molar-refractivity contribution in [1.29, 1.82) is 0 Å². The van der Waals surface area contributed by atoms with Crippen LogP contribution in [0.3, 0.4) is 0 Å². The number of nitro groups is 1. The lowest BCUT2D eigenvalue weighted by Gasteiger charge is -2.01. The molecule has 0 amide bonds. The van der Waals surface area contributed by atoms with Crippen LogP contribution in [0.25, 0.3) is 0 Å². The Morgan fingerprint density at radius 1 is 1.37 bits per heavy atom. The van der Waals surface area contributed by atoms with Gasteiger partial charge in [0.15, 0.2) is 17.4 Å². The number of nitrogens with zero attached hydrogens (tertiary/aromatic N) is 3. The van der Waals surface area contributed by atoms with Gasteiger partial charge in [-0.25, -0.2) is 8.78 Å². The molecule has 98 valence electrons. The van der Waals surface area contributed by atoms with E-state index in [0.29, 0.717) is 0 Å². The Hall–Kier alpha value is -2.64. The number of Topliss-reactive ketones (excluding diaryl/α,β-unsaturated/α-hetero) is 1. The molecule has 0 saturated heterocycles. The molecule has 2 rings (SSSR count). The van der Waals surface area contributed by atoms with E-state index in [2.05, 4.69) is 5.10 Å². The van der Waals surface area contributed by atoms with E-state index in [1.54, 1.807) is 0 Å². The summed E-state index contributed by atoms with van der Waals surface area (Å²) in [5, 5.41) is 14.1. The largest absolute Gasteiger partial charge is 0.307 e. The van der Waals surface area contributed by atoms with E-state index in [9.17, 15) is 23.7 Å². The highest BCUT2D eigenvalue weighted by Crippen LogP contribution is 2.12. The second kappa shape index (κ2) is 4.92. The SMILES string of the molecule is O=C(Cn1cc([N+](=O)[O-])cn1)c1ccc(F)c(F)c1. The molecule has 0 radical (unpaired) electrons. The zero-order valence-corrected chi connectivity index (χ0v) is 9.42. The lowest BCUT2D eigenvalue weighted by molar-refractivity contribution is -0.385. The fourth-order valence-corrected chi connectivity index (χ4v) is 1.44. The minimum absolute atomic E-state index is 0.0305. The van der Waals surface area contributed by atoms with Crippen LogP contribution in [0.4, 0.5) is 14.5 Å². The summed E-state index contributed by atoms with van der Waals surface area (Å²) in [5.41, 5.74) is -0.282. The molecule has 0 spiro atoms. The monoisotopic (exact) mass is 267 g/mol. The van der Waals surface area contributed by atoms with Gasteiger partial charge in [0.1, 0.15) is 18.9 Å². The molecule has 0 aliphatic carbocycles. The Balaban J connectivity index is 2.15. The Morgan fingerprint density at radius 3 is 2.68 bits per heavy atom. The highest BCUT2D eigenvalue weighted by molar-refractivity contribution is 5.95. The highest BCUT2D eigenvalue weighted by atomic mass is 19.2. The van der Waals surface area contributed by atoms with Crippen molar-refractivity contribution in [2.45, 2.75) is 6.54 Å². The molecule has 0 unspecified atom stereocenters. The lowest BCUT2D eigenvalue weighted by Crippen LogP contribution is -2.11. The average molecular weight is 267 g/mol. The number of hydrogen-bond acceptors (Lipinski definition) is 4. The summed E-state index contributed by atoms with van der Waals surface area (Å²) in [6, 6.07) is 2.75. The van der Waals surface area contributed by atoms with Gasteiger partial charge in [0.2, 0.25) is 0 Å². The molecule has 19 heavy (non-hydrogen) atoms. The second-order valence-electron chi connectivity index (χ2n) is 3.71. The van der Waals surface area contributed by atoms with Crippen LogP contribution in [0.1, 0.15) is 10.4 Å². The standard InChI is InChI=1S/C11H7F2N3O3/c12-9-2-1-7(3-10(9)13)11(17)6-15-5-8(4-14-15)16(18)19/h1-5H,6H2. The molecular formula is C11H7F2N3O3. The van der Waals surface area contributed by atoms with Crippen molar-refractivity contribution in [1.82, 2.24) is 9.78 Å². The molecule has 6 nitrogen and oxygen atoms in total. The zero-order valence-electron chi connectivity index (χ0n) is 9.42. The van der Waals surface area contributed by atoms with Crippen LogP contribution in [0.5, 0.6) is 0 Å². The Bertz CT molecular complexity index is 654.